The van der Waals surface area contributed by atoms with Gasteiger partial charge in [0.15, 0.2) is 0 Å². The summed E-state index contributed by atoms with van der Waals surface area (Å²) in [7, 11) is 0. The van der Waals surface area contributed by atoms with Gasteiger partial charge in [-0.3, -0.25) is 0 Å². The predicted octanol–water partition coefficient (Wildman–Crippen LogP) is 2.23. The molecular formula is C14H15N. The van der Waals surface area contributed by atoms with Crippen molar-refractivity contribution in [1.82, 2.24) is 4.98 Å². The summed E-state index contributed by atoms with van der Waals surface area (Å²) in [6.45, 7) is 14.9. The van der Waals surface area contributed by atoms with Gasteiger partial charge in [-0.1, -0.05) is 50.6 Å². The van der Waals surface area contributed by atoms with E-state index < -0.39 is 0 Å². The Labute approximate surface area is 90.2 Å². The van der Waals surface area contributed by atoms with E-state index >= 15 is 0 Å². The van der Waals surface area contributed by atoms with Gasteiger partial charge in [0, 0.05) is 21.8 Å². The zero-order chi connectivity index (χ0) is 11.3. The maximum atomic E-state index is 3.79. The van der Waals surface area contributed by atoms with Crippen LogP contribution in [0.15, 0.2) is 38.5 Å². The van der Waals surface area contributed by atoms with Crippen molar-refractivity contribution in [2.45, 2.75) is 0 Å². The van der Waals surface area contributed by atoms with Crippen molar-refractivity contribution < 1.29 is 0 Å². The highest BCUT2D eigenvalue weighted by Crippen LogP contribution is 2.01. The first-order valence-electron chi connectivity index (χ1n) is 4.70. The van der Waals surface area contributed by atoms with Crippen LogP contribution >= 0.6 is 0 Å². The molecule has 15 heavy (non-hydrogen) atoms. The van der Waals surface area contributed by atoms with Gasteiger partial charge in [-0.15, -0.1) is 0 Å². The van der Waals surface area contributed by atoms with Crippen molar-refractivity contribution in [2.24, 2.45) is 0 Å². The Bertz CT molecular complexity index is 512. The molecule has 0 aliphatic carbocycles. The van der Waals surface area contributed by atoms with Gasteiger partial charge in [-0.2, -0.15) is 0 Å². The Hall–Kier alpha value is -2.02. The third kappa shape index (κ3) is 2.08. The summed E-state index contributed by atoms with van der Waals surface area (Å²) >= 11 is 0. The van der Waals surface area contributed by atoms with Crippen molar-refractivity contribution >= 4 is 24.3 Å². The first kappa shape index (κ1) is 11.1. The number of nitrogens with one attached hydrogen (secondary N) is 1. The molecule has 1 aromatic rings. The Kier molecular flexibility index (Phi) is 3.69. The van der Waals surface area contributed by atoms with E-state index in [-0.39, 0.29) is 0 Å². The van der Waals surface area contributed by atoms with Crippen molar-refractivity contribution in [3.63, 3.8) is 0 Å². The Balaban J connectivity index is 3.77. The van der Waals surface area contributed by atoms with Crippen LogP contribution in [0.25, 0.3) is 24.3 Å². The molecule has 0 spiro atoms. The Morgan fingerprint density at radius 3 is 2.00 bits per heavy atom. The number of allylic oxidation sites excluding steroid dienone is 2. The molecule has 0 fully saturated rings. The zero-order valence-electron chi connectivity index (χ0n) is 8.79. The summed E-state index contributed by atoms with van der Waals surface area (Å²) in [5.74, 6) is 0. The number of hydrogen-bond acceptors (Lipinski definition) is 0. The van der Waals surface area contributed by atoms with E-state index in [0.29, 0.717) is 0 Å². The lowest BCUT2D eigenvalue weighted by atomic mass is 10.2. The third-order valence-electron chi connectivity index (χ3n) is 2.12. The SMILES string of the molecule is C=C/C=c1/c(C=C)c(C=C)[nH]/c1=C/C=C. The molecule has 0 aliphatic rings. The molecule has 1 heteroatoms. The quantitative estimate of drug-likeness (QED) is 0.762. The molecule has 0 aliphatic heterocycles. The van der Waals surface area contributed by atoms with Crippen molar-refractivity contribution in [2.75, 3.05) is 0 Å². The average molecular weight is 197 g/mol. The molecule has 0 amide bonds. The number of rotatable bonds is 4. The molecule has 1 nitrogen and oxygen atoms in total. The summed E-state index contributed by atoms with van der Waals surface area (Å²) < 4.78 is 0. The summed E-state index contributed by atoms with van der Waals surface area (Å²) in [6.07, 6.45) is 10.9. The fraction of sp³-hybridized carbons (Fsp3) is 0. The molecule has 1 N–H and O–H groups in total. The molecule has 1 aromatic heterocycles. The van der Waals surface area contributed by atoms with Crippen LogP contribution in [0.3, 0.4) is 0 Å². The van der Waals surface area contributed by atoms with Gasteiger partial charge in [-0.25, -0.2) is 0 Å². The standard InChI is InChI=1S/C14H15N/c1-5-9-12-11(7-3)13(8-4)15-14(12)10-6-2/h5-10,15H,1-4H2/b12-9-,14-10+. The first-order chi connectivity index (χ1) is 7.28. The highest BCUT2D eigenvalue weighted by molar-refractivity contribution is 5.64. The number of H-pyrrole nitrogens is 1. The highest BCUT2D eigenvalue weighted by atomic mass is 14.7. The molecule has 0 radical (unpaired) electrons. The van der Waals surface area contributed by atoms with E-state index in [2.05, 4.69) is 31.3 Å². The molecular weight excluding hydrogens is 182 g/mol. The van der Waals surface area contributed by atoms with E-state index in [4.69, 9.17) is 0 Å². The zero-order valence-corrected chi connectivity index (χ0v) is 8.79. The maximum Gasteiger partial charge on any atom is 0.0464 e. The summed E-state index contributed by atoms with van der Waals surface area (Å²) in [5, 5.41) is 2.06. The highest BCUT2D eigenvalue weighted by Gasteiger charge is 2.00. The molecule has 1 heterocycles. The second kappa shape index (κ2) is 5.01. The van der Waals surface area contributed by atoms with Crippen molar-refractivity contribution in [3.8, 4) is 0 Å². The van der Waals surface area contributed by atoms with Gasteiger partial charge in [0.05, 0.1) is 0 Å². The molecule has 0 saturated carbocycles. The van der Waals surface area contributed by atoms with Crippen LogP contribution in [0.2, 0.25) is 0 Å². The topological polar surface area (TPSA) is 15.8 Å². The number of hydrogen-bond donors (Lipinski definition) is 1. The fourth-order valence-corrected chi connectivity index (χ4v) is 1.50. The van der Waals surface area contributed by atoms with E-state index in [0.717, 1.165) is 21.8 Å². The van der Waals surface area contributed by atoms with Gasteiger partial charge in [0.25, 0.3) is 0 Å². The second-order valence-electron chi connectivity index (χ2n) is 2.99. The van der Waals surface area contributed by atoms with Crippen LogP contribution < -0.4 is 10.6 Å². The molecule has 0 aromatic carbocycles. The van der Waals surface area contributed by atoms with Crippen LogP contribution in [0.5, 0.6) is 0 Å². The Morgan fingerprint density at radius 1 is 0.867 bits per heavy atom. The maximum absolute atomic E-state index is 3.79. The third-order valence-corrected chi connectivity index (χ3v) is 2.12. The molecule has 0 saturated heterocycles. The molecule has 0 atom stereocenters. The lowest BCUT2D eigenvalue weighted by Crippen LogP contribution is -2.23. The van der Waals surface area contributed by atoms with Crippen LogP contribution in [0, 0.1) is 0 Å². The number of aromatic amines is 1. The molecule has 0 bridgehead atoms. The molecule has 76 valence electrons. The van der Waals surface area contributed by atoms with E-state index in [1.54, 1.807) is 18.2 Å². The van der Waals surface area contributed by atoms with Gasteiger partial charge in [0.1, 0.15) is 0 Å². The van der Waals surface area contributed by atoms with Gasteiger partial charge in [0.2, 0.25) is 0 Å². The van der Waals surface area contributed by atoms with Gasteiger partial charge < -0.3 is 4.98 Å². The Morgan fingerprint density at radius 2 is 1.53 bits per heavy atom. The minimum absolute atomic E-state index is 0.964. The average Bonchev–Trinajstić information content (AvgIpc) is 2.57. The van der Waals surface area contributed by atoms with Crippen LogP contribution in [-0.2, 0) is 0 Å². The minimum atomic E-state index is 0.964. The lowest BCUT2D eigenvalue weighted by molar-refractivity contribution is 1.30. The summed E-state index contributed by atoms with van der Waals surface area (Å²) in [4.78, 5) is 3.24. The van der Waals surface area contributed by atoms with Gasteiger partial charge >= 0.3 is 0 Å². The van der Waals surface area contributed by atoms with Crippen molar-refractivity contribution in [1.29, 1.82) is 0 Å². The lowest BCUT2D eigenvalue weighted by Gasteiger charge is -1.88. The van der Waals surface area contributed by atoms with Crippen LogP contribution in [-0.4, -0.2) is 4.98 Å². The minimum Gasteiger partial charge on any atom is -0.355 e. The fourth-order valence-electron chi connectivity index (χ4n) is 1.50. The first-order valence-corrected chi connectivity index (χ1v) is 4.70. The molecule has 0 unspecified atom stereocenters. The van der Waals surface area contributed by atoms with Crippen LogP contribution in [0.4, 0.5) is 0 Å². The molecule has 1 rings (SSSR count). The normalized spacial score (nSPS) is 12.5. The summed E-state index contributed by atoms with van der Waals surface area (Å²) in [5.41, 5.74) is 2.00. The largest absolute Gasteiger partial charge is 0.355 e. The van der Waals surface area contributed by atoms with E-state index in [1.807, 2.05) is 18.2 Å². The van der Waals surface area contributed by atoms with Crippen molar-refractivity contribution in [3.05, 3.63) is 60.3 Å². The smallest absolute Gasteiger partial charge is 0.0464 e. The van der Waals surface area contributed by atoms with E-state index in [9.17, 15) is 0 Å². The monoisotopic (exact) mass is 197 g/mol. The van der Waals surface area contributed by atoms with Gasteiger partial charge in [-0.05, 0) is 12.2 Å². The van der Waals surface area contributed by atoms with Crippen LogP contribution in [0.1, 0.15) is 11.3 Å². The summed E-state index contributed by atoms with van der Waals surface area (Å²) in [6, 6.07) is 0. The second-order valence-corrected chi connectivity index (χ2v) is 2.99. The number of aromatic nitrogens is 1. The van der Waals surface area contributed by atoms with E-state index in [1.165, 1.54) is 0 Å². The predicted molar refractivity (Wildman–Crippen MR) is 69.5 cm³/mol.